The number of hydrogen-bond acceptors (Lipinski definition) is 4. The van der Waals surface area contributed by atoms with Crippen molar-refractivity contribution in [3.8, 4) is 0 Å². The highest BCUT2D eigenvalue weighted by Crippen LogP contribution is 2.38. The fourth-order valence-corrected chi connectivity index (χ4v) is 1.73. The molecule has 0 aliphatic heterocycles. The molecule has 0 bridgehead atoms. The van der Waals surface area contributed by atoms with Crippen LogP contribution in [0.15, 0.2) is 36.9 Å². The van der Waals surface area contributed by atoms with E-state index in [1.54, 1.807) is 30.6 Å². The summed E-state index contributed by atoms with van der Waals surface area (Å²) in [5.41, 5.74) is 2.08. The molecule has 5 heteroatoms. The van der Waals surface area contributed by atoms with E-state index in [1.165, 1.54) is 6.33 Å². The van der Waals surface area contributed by atoms with Crippen LogP contribution >= 0.6 is 0 Å². The zero-order valence-electron chi connectivity index (χ0n) is 9.71. The molecule has 0 atom stereocenters. The number of anilines is 1. The van der Waals surface area contributed by atoms with Gasteiger partial charge in [-0.1, -0.05) is 0 Å². The second-order valence-corrected chi connectivity index (χ2v) is 4.29. The number of rotatable bonds is 3. The first-order valence-corrected chi connectivity index (χ1v) is 5.86. The van der Waals surface area contributed by atoms with Gasteiger partial charge in [0.05, 0.1) is 0 Å². The molecule has 0 radical (unpaired) electrons. The quantitative estimate of drug-likeness (QED) is 0.891. The first-order valence-electron chi connectivity index (χ1n) is 5.86. The van der Waals surface area contributed by atoms with Gasteiger partial charge in [0.15, 0.2) is 0 Å². The third kappa shape index (κ3) is 2.34. The van der Waals surface area contributed by atoms with Crippen molar-refractivity contribution >= 4 is 11.6 Å². The number of carbonyl (C=O) groups is 1. The van der Waals surface area contributed by atoms with E-state index in [2.05, 4.69) is 20.3 Å². The third-order valence-corrected chi connectivity index (χ3v) is 2.85. The molecule has 3 rings (SSSR count). The molecule has 5 nitrogen and oxygen atoms in total. The largest absolute Gasteiger partial charge is 0.321 e. The lowest BCUT2D eigenvalue weighted by atomic mass is 10.2. The van der Waals surface area contributed by atoms with E-state index < -0.39 is 0 Å². The molecule has 2 aromatic rings. The van der Waals surface area contributed by atoms with Crippen LogP contribution in [-0.4, -0.2) is 20.9 Å². The number of nitrogens with zero attached hydrogens (tertiary/aromatic N) is 3. The van der Waals surface area contributed by atoms with Gasteiger partial charge in [0, 0.05) is 29.7 Å². The summed E-state index contributed by atoms with van der Waals surface area (Å²) in [6.07, 6.45) is 7.02. The summed E-state index contributed by atoms with van der Waals surface area (Å²) in [7, 11) is 0. The lowest BCUT2D eigenvalue weighted by Crippen LogP contribution is -2.14. The Balaban J connectivity index is 1.77. The van der Waals surface area contributed by atoms with E-state index in [0.29, 0.717) is 17.3 Å². The van der Waals surface area contributed by atoms with Gasteiger partial charge in [-0.15, -0.1) is 0 Å². The maximum Gasteiger partial charge on any atom is 0.274 e. The highest BCUT2D eigenvalue weighted by molar-refractivity contribution is 6.02. The van der Waals surface area contributed by atoms with E-state index >= 15 is 0 Å². The Kier molecular flexibility index (Phi) is 2.72. The second kappa shape index (κ2) is 4.52. The van der Waals surface area contributed by atoms with Crippen molar-refractivity contribution in [2.75, 3.05) is 5.32 Å². The maximum absolute atomic E-state index is 12.0. The molecule has 2 aromatic heterocycles. The van der Waals surface area contributed by atoms with Crippen LogP contribution in [0.1, 0.15) is 34.9 Å². The number of amides is 1. The van der Waals surface area contributed by atoms with Crippen LogP contribution in [0, 0.1) is 0 Å². The van der Waals surface area contributed by atoms with Gasteiger partial charge in [0.1, 0.15) is 12.0 Å². The smallest absolute Gasteiger partial charge is 0.274 e. The fourth-order valence-electron chi connectivity index (χ4n) is 1.73. The third-order valence-electron chi connectivity index (χ3n) is 2.85. The lowest BCUT2D eigenvalue weighted by molar-refractivity contribution is 0.102. The van der Waals surface area contributed by atoms with Crippen LogP contribution in [0.4, 0.5) is 5.69 Å². The van der Waals surface area contributed by atoms with Crippen molar-refractivity contribution in [1.29, 1.82) is 0 Å². The minimum absolute atomic E-state index is 0.217. The molecule has 1 aliphatic carbocycles. The molecular formula is C13H12N4O. The van der Waals surface area contributed by atoms with Crippen LogP contribution in [-0.2, 0) is 0 Å². The summed E-state index contributed by atoms with van der Waals surface area (Å²) in [6.45, 7) is 0. The molecule has 1 amide bonds. The summed E-state index contributed by atoms with van der Waals surface area (Å²) in [5.74, 6) is 0.297. The van der Waals surface area contributed by atoms with Crippen LogP contribution in [0.2, 0.25) is 0 Å². The molecule has 18 heavy (non-hydrogen) atoms. The highest BCUT2D eigenvalue weighted by Gasteiger charge is 2.25. The lowest BCUT2D eigenvalue weighted by Gasteiger charge is -2.04. The number of aromatic nitrogens is 3. The van der Waals surface area contributed by atoms with Crippen molar-refractivity contribution in [2.24, 2.45) is 0 Å². The average Bonchev–Trinajstić information content (AvgIpc) is 3.24. The van der Waals surface area contributed by atoms with Crippen molar-refractivity contribution in [1.82, 2.24) is 15.0 Å². The van der Waals surface area contributed by atoms with Gasteiger partial charge < -0.3 is 5.32 Å². The summed E-state index contributed by atoms with van der Waals surface area (Å²) < 4.78 is 0. The topological polar surface area (TPSA) is 67.8 Å². The number of nitrogens with one attached hydrogen (secondary N) is 1. The van der Waals surface area contributed by atoms with Gasteiger partial charge in [-0.3, -0.25) is 9.78 Å². The average molecular weight is 240 g/mol. The van der Waals surface area contributed by atoms with Gasteiger partial charge in [-0.2, -0.15) is 0 Å². The van der Waals surface area contributed by atoms with E-state index in [4.69, 9.17) is 0 Å². The molecule has 2 heterocycles. The van der Waals surface area contributed by atoms with Gasteiger partial charge in [-0.25, -0.2) is 9.97 Å². The number of hydrogen-bond donors (Lipinski definition) is 1. The summed E-state index contributed by atoms with van der Waals surface area (Å²) >= 11 is 0. The molecule has 0 aromatic carbocycles. The van der Waals surface area contributed by atoms with Gasteiger partial charge in [-0.05, 0) is 31.0 Å². The predicted molar refractivity (Wildman–Crippen MR) is 66.2 cm³/mol. The van der Waals surface area contributed by atoms with Gasteiger partial charge >= 0.3 is 0 Å². The Labute approximate surface area is 104 Å². The molecule has 1 fully saturated rings. The first kappa shape index (κ1) is 10.8. The SMILES string of the molecule is O=C(Nc1ccncc1)c1cc(C2CC2)ncn1. The molecular weight excluding hydrogens is 228 g/mol. The van der Waals surface area contributed by atoms with Crippen LogP contribution in [0.25, 0.3) is 0 Å². The van der Waals surface area contributed by atoms with E-state index in [0.717, 1.165) is 18.5 Å². The van der Waals surface area contributed by atoms with Gasteiger partial charge in [0.2, 0.25) is 0 Å². The fraction of sp³-hybridized carbons (Fsp3) is 0.231. The van der Waals surface area contributed by atoms with E-state index in [1.807, 2.05) is 0 Å². The molecule has 0 spiro atoms. The summed E-state index contributed by atoms with van der Waals surface area (Å²) in [6, 6.07) is 5.25. The Morgan fingerprint density at radius 2 is 2.00 bits per heavy atom. The monoisotopic (exact) mass is 240 g/mol. The number of pyridine rings is 1. The molecule has 1 N–H and O–H groups in total. The minimum atomic E-state index is -0.217. The Morgan fingerprint density at radius 3 is 2.72 bits per heavy atom. The minimum Gasteiger partial charge on any atom is -0.321 e. The van der Waals surface area contributed by atoms with Gasteiger partial charge in [0.25, 0.3) is 5.91 Å². The van der Waals surface area contributed by atoms with Crippen LogP contribution < -0.4 is 5.32 Å². The Morgan fingerprint density at radius 1 is 1.22 bits per heavy atom. The molecule has 0 saturated heterocycles. The summed E-state index contributed by atoms with van der Waals surface area (Å²) in [4.78, 5) is 24.1. The number of carbonyl (C=O) groups excluding carboxylic acids is 1. The highest BCUT2D eigenvalue weighted by atomic mass is 16.1. The van der Waals surface area contributed by atoms with Crippen molar-refractivity contribution in [3.63, 3.8) is 0 Å². The Bertz CT molecular complexity index is 566. The summed E-state index contributed by atoms with van der Waals surface area (Å²) in [5, 5.41) is 2.78. The predicted octanol–water partition coefficient (Wildman–Crippen LogP) is 2.00. The van der Waals surface area contributed by atoms with E-state index in [-0.39, 0.29) is 5.91 Å². The second-order valence-electron chi connectivity index (χ2n) is 4.29. The van der Waals surface area contributed by atoms with Crippen LogP contribution in [0.5, 0.6) is 0 Å². The standard InChI is InChI=1S/C13H12N4O/c18-13(17-10-3-5-14-6-4-10)12-7-11(9-1-2-9)15-8-16-12/h3-9H,1-2H2,(H,14,17,18). The molecule has 1 aliphatic rings. The zero-order valence-corrected chi connectivity index (χ0v) is 9.71. The molecule has 90 valence electrons. The Hall–Kier alpha value is -2.30. The molecule has 0 unspecified atom stereocenters. The van der Waals surface area contributed by atoms with Crippen LogP contribution in [0.3, 0.4) is 0 Å². The first-order chi connectivity index (χ1) is 8.83. The normalized spacial score (nSPS) is 14.2. The van der Waals surface area contributed by atoms with Crippen molar-refractivity contribution in [2.45, 2.75) is 18.8 Å². The maximum atomic E-state index is 12.0. The van der Waals surface area contributed by atoms with Crippen molar-refractivity contribution < 1.29 is 4.79 Å². The zero-order chi connectivity index (χ0) is 12.4. The molecule has 1 saturated carbocycles. The van der Waals surface area contributed by atoms with E-state index in [9.17, 15) is 4.79 Å². The van der Waals surface area contributed by atoms with Crippen molar-refractivity contribution in [3.05, 3.63) is 48.3 Å².